The maximum atomic E-state index is 12.2. The number of aromatic nitrogens is 5. The van der Waals surface area contributed by atoms with Gasteiger partial charge in [0.05, 0.1) is 5.69 Å². The Labute approximate surface area is 180 Å². The van der Waals surface area contributed by atoms with Gasteiger partial charge in [-0.1, -0.05) is 72.4 Å². The molecule has 0 aliphatic heterocycles. The van der Waals surface area contributed by atoms with E-state index < -0.39 is 0 Å². The highest BCUT2D eigenvalue weighted by molar-refractivity contribution is 7.98. The summed E-state index contributed by atoms with van der Waals surface area (Å²) in [7, 11) is 0. The van der Waals surface area contributed by atoms with Gasteiger partial charge in [0.1, 0.15) is 11.4 Å². The fourth-order valence-electron chi connectivity index (χ4n) is 3.06. The summed E-state index contributed by atoms with van der Waals surface area (Å²) in [6.07, 6.45) is 1.73. The summed E-state index contributed by atoms with van der Waals surface area (Å²) in [4.78, 5) is 22.2. The third-order valence-electron chi connectivity index (χ3n) is 4.47. The van der Waals surface area contributed by atoms with E-state index in [1.165, 1.54) is 23.1 Å². The van der Waals surface area contributed by atoms with Crippen LogP contribution >= 0.6 is 23.1 Å². The van der Waals surface area contributed by atoms with Gasteiger partial charge in [-0.2, -0.15) is 0 Å². The number of thioether (sulfide) groups is 1. The van der Waals surface area contributed by atoms with Gasteiger partial charge in [-0.3, -0.25) is 9.20 Å². The lowest BCUT2D eigenvalue weighted by Crippen LogP contribution is -2.12. The van der Waals surface area contributed by atoms with Crippen LogP contribution in [0, 0.1) is 0 Å². The average Bonchev–Trinajstić information content (AvgIpc) is 3.28. The van der Waals surface area contributed by atoms with Crippen molar-refractivity contribution < 1.29 is 0 Å². The molecule has 0 saturated heterocycles. The van der Waals surface area contributed by atoms with Crippen LogP contribution in [0.2, 0.25) is 0 Å². The average molecular weight is 430 g/mol. The number of hydrogen-bond acceptors (Lipinski definition) is 7. The number of thiazole rings is 1. The Morgan fingerprint density at radius 1 is 0.867 bits per heavy atom. The van der Waals surface area contributed by atoms with E-state index in [0.717, 1.165) is 22.5 Å². The Balaban J connectivity index is 1.49. The Morgan fingerprint density at radius 3 is 2.30 bits per heavy atom. The molecule has 0 unspecified atom stereocenters. The van der Waals surface area contributed by atoms with Crippen molar-refractivity contribution in [1.82, 2.24) is 24.6 Å². The molecular weight excluding hydrogens is 414 g/mol. The molecule has 3 heterocycles. The number of hydrogen-bond donors (Lipinski definition) is 0. The lowest BCUT2D eigenvalue weighted by molar-refractivity contribution is 0.849. The van der Waals surface area contributed by atoms with Crippen LogP contribution < -0.4 is 5.56 Å². The van der Waals surface area contributed by atoms with Gasteiger partial charge in [0, 0.05) is 34.5 Å². The number of fused-ring (bicyclic) bond motifs is 1. The van der Waals surface area contributed by atoms with Crippen LogP contribution in [0.15, 0.2) is 88.3 Å². The van der Waals surface area contributed by atoms with Gasteiger partial charge < -0.3 is 0 Å². The molecule has 8 heteroatoms. The first-order chi connectivity index (χ1) is 14.8. The molecule has 0 N–H and O–H groups in total. The SMILES string of the molecule is O=c1cc(CSc2nnc(-c3ccccc3)c(-c3ccccc3)n2)nc2sccn12. The highest BCUT2D eigenvalue weighted by Gasteiger charge is 2.14. The zero-order chi connectivity index (χ0) is 20.3. The van der Waals surface area contributed by atoms with Crippen LogP contribution in [0.4, 0.5) is 0 Å². The third-order valence-corrected chi connectivity index (χ3v) is 6.09. The van der Waals surface area contributed by atoms with E-state index in [2.05, 4.69) is 15.2 Å². The van der Waals surface area contributed by atoms with Crippen LogP contribution in [-0.4, -0.2) is 24.6 Å². The van der Waals surface area contributed by atoms with Crippen LogP contribution in [0.5, 0.6) is 0 Å². The molecule has 6 nitrogen and oxygen atoms in total. The largest absolute Gasteiger partial charge is 0.269 e. The van der Waals surface area contributed by atoms with E-state index in [9.17, 15) is 4.79 Å². The van der Waals surface area contributed by atoms with Gasteiger partial charge in [0.15, 0.2) is 4.96 Å². The summed E-state index contributed by atoms with van der Waals surface area (Å²) in [5.41, 5.74) is 4.07. The van der Waals surface area contributed by atoms with E-state index in [0.29, 0.717) is 21.6 Å². The highest BCUT2D eigenvalue weighted by atomic mass is 32.2. The molecular formula is C22H15N5OS2. The predicted molar refractivity (Wildman–Crippen MR) is 120 cm³/mol. The maximum Gasteiger partial charge on any atom is 0.258 e. The van der Waals surface area contributed by atoms with Gasteiger partial charge in [0.25, 0.3) is 5.56 Å². The zero-order valence-electron chi connectivity index (χ0n) is 15.7. The van der Waals surface area contributed by atoms with Crippen molar-refractivity contribution in [2.45, 2.75) is 10.9 Å². The molecule has 2 aromatic carbocycles. The summed E-state index contributed by atoms with van der Waals surface area (Å²) in [5.74, 6) is 0.490. The second kappa shape index (κ2) is 8.17. The summed E-state index contributed by atoms with van der Waals surface area (Å²) in [6.45, 7) is 0. The molecule has 0 radical (unpaired) electrons. The second-order valence-corrected chi connectivity index (χ2v) is 8.27. The minimum Gasteiger partial charge on any atom is -0.269 e. The van der Waals surface area contributed by atoms with Gasteiger partial charge in [-0.15, -0.1) is 21.5 Å². The zero-order valence-corrected chi connectivity index (χ0v) is 17.3. The van der Waals surface area contributed by atoms with Crippen LogP contribution in [-0.2, 0) is 5.75 Å². The van der Waals surface area contributed by atoms with Gasteiger partial charge >= 0.3 is 0 Å². The molecule has 3 aromatic heterocycles. The van der Waals surface area contributed by atoms with Crippen LogP contribution in [0.3, 0.4) is 0 Å². The molecule has 0 aliphatic carbocycles. The Morgan fingerprint density at radius 2 is 1.57 bits per heavy atom. The van der Waals surface area contributed by atoms with E-state index >= 15 is 0 Å². The fraction of sp³-hybridized carbons (Fsp3) is 0.0455. The fourth-order valence-corrected chi connectivity index (χ4v) is 4.48. The van der Waals surface area contributed by atoms with E-state index in [-0.39, 0.29) is 5.56 Å². The molecule has 0 bridgehead atoms. The normalized spacial score (nSPS) is 11.1. The first-order valence-corrected chi connectivity index (χ1v) is 11.1. The minimum absolute atomic E-state index is 0.0831. The van der Waals surface area contributed by atoms with Crippen molar-refractivity contribution in [3.05, 3.63) is 94.4 Å². The van der Waals surface area contributed by atoms with Crippen molar-refractivity contribution in [2.75, 3.05) is 0 Å². The molecule has 0 amide bonds. The maximum absolute atomic E-state index is 12.2. The Hall–Kier alpha value is -3.36. The first-order valence-electron chi connectivity index (χ1n) is 9.22. The summed E-state index contributed by atoms with van der Waals surface area (Å²) in [5, 5.41) is 11.2. The number of nitrogens with zero attached hydrogens (tertiary/aromatic N) is 5. The smallest absolute Gasteiger partial charge is 0.258 e. The predicted octanol–water partition coefficient (Wildman–Crippen LogP) is 4.57. The Bertz CT molecular complexity index is 1370. The number of benzene rings is 2. The molecule has 0 atom stereocenters. The second-order valence-electron chi connectivity index (χ2n) is 6.45. The molecule has 0 fully saturated rings. The molecule has 0 spiro atoms. The Kier molecular flexibility index (Phi) is 5.08. The monoisotopic (exact) mass is 429 g/mol. The quantitative estimate of drug-likeness (QED) is 0.381. The summed E-state index contributed by atoms with van der Waals surface area (Å²) in [6, 6.07) is 21.4. The lowest BCUT2D eigenvalue weighted by Gasteiger charge is -2.09. The van der Waals surface area contributed by atoms with Crippen molar-refractivity contribution in [3.8, 4) is 22.5 Å². The molecule has 5 rings (SSSR count). The van der Waals surface area contributed by atoms with Crippen LogP contribution in [0.1, 0.15) is 5.69 Å². The van der Waals surface area contributed by atoms with Gasteiger partial charge in [-0.25, -0.2) is 9.97 Å². The minimum atomic E-state index is -0.0831. The van der Waals surface area contributed by atoms with Crippen molar-refractivity contribution >= 4 is 28.1 Å². The standard InChI is InChI=1S/C22H15N5OS2/c28-18-13-17(23-22-27(18)11-12-29-22)14-30-21-24-19(15-7-3-1-4-8-15)20(25-26-21)16-9-5-2-6-10-16/h1-13H,14H2. The van der Waals surface area contributed by atoms with E-state index in [1.807, 2.05) is 66.0 Å². The van der Waals surface area contributed by atoms with Crippen molar-refractivity contribution in [2.24, 2.45) is 0 Å². The molecule has 146 valence electrons. The van der Waals surface area contributed by atoms with Crippen LogP contribution in [0.25, 0.3) is 27.5 Å². The van der Waals surface area contributed by atoms with E-state index in [4.69, 9.17) is 4.98 Å². The topological polar surface area (TPSA) is 73.0 Å². The first kappa shape index (κ1) is 18.7. The lowest BCUT2D eigenvalue weighted by atomic mass is 10.0. The molecule has 0 aliphatic rings. The van der Waals surface area contributed by atoms with Gasteiger partial charge in [0.2, 0.25) is 5.16 Å². The third kappa shape index (κ3) is 3.74. The van der Waals surface area contributed by atoms with E-state index in [1.54, 1.807) is 16.7 Å². The highest BCUT2D eigenvalue weighted by Crippen LogP contribution is 2.30. The van der Waals surface area contributed by atoms with Crippen molar-refractivity contribution in [1.29, 1.82) is 0 Å². The molecule has 0 saturated carbocycles. The van der Waals surface area contributed by atoms with Crippen molar-refractivity contribution in [3.63, 3.8) is 0 Å². The summed E-state index contributed by atoms with van der Waals surface area (Å²) < 4.78 is 1.54. The number of rotatable bonds is 5. The summed E-state index contributed by atoms with van der Waals surface area (Å²) >= 11 is 2.85. The molecule has 30 heavy (non-hydrogen) atoms. The molecule has 5 aromatic rings. The van der Waals surface area contributed by atoms with Gasteiger partial charge in [-0.05, 0) is 0 Å².